The van der Waals surface area contributed by atoms with Crippen molar-refractivity contribution in [1.29, 1.82) is 0 Å². The van der Waals surface area contributed by atoms with Crippen molar-refractivity contribution in [2.24, 2.45) is 0 Å². The van der Waals surface area contributed by atoms with Crippen LogP contribution in [0.1, 0.15) is 12.5 Å². The van der Waals surface area contributed by atoms with E-state index in [-0.39, 0.29) is 5.70 Å². The Morgan fingerprint density at radius 2 is 2.00 bits per heavy atom. The fraction of sp³-hybridized carbons (Fsp3) is 0.200. The Balaban J connectivity index is 2.66. The highest BCUT2D eigenvalue weighted by atomic mass is 16.6. The van der Waals surface area contributed by atoms with Crippen LogP contribution in [0.2, 0.25) is 0 Å². The predicted octanol–water partition coefficient (Wildman–Crippen LogP) is 3.14. The summed E-state index contributed by atoms with van der Waals surface area (Å²) in [6, 6.07) is 7.46. The first-order chi connectivity index (χ1) is 6.59. The summed E-state index contributed by atoms with van der Waals surface area (Å²) in [7, 11) is 0. The third kappa shape index (κ3) is 2.90. The van der Waals surface area contributed by atoms with Crippen molar-refractivity contribution in [1.82, 2.24) is 0 Å². The van der Waals surface area contributed by atoms with Gasteiger partial charge in [-0.15, -0.1) is 5.69 Å². The van der Waals surface area contributed by atoms with E-state index in [9.17, 15) is 10.1 Å². The van der Waals surface area contributed by atoms with Crippen molar-refractivity contribution in [3.05, 3.63) is 57.2 Å². The molecule has 0 aliphatic heterocycles. The molecule has 0 aromatic heterocycles. The smallest absolute Gasteiger partial charge is 0.221 e. The van der Waals surface area contributed by atoms with Gasteiger partial charge >= 0.3 is 0 Å². The topological polar surface area (TPSA) is 57.2 Å². The molecule has 0 amide bonds. The molecule has 0 radical (unpaired) electrons. The standard InChI is InChI=1S/C10H11N2O2/c1-8-3-5-10(6-4-8)11-7-9(2)12(13)14/h3-7H,1-2H3/q-1/b9-7+. The van der Waals surface area contributed by atoms with E-state index < -0.39 is 4.92 Å². The minimum atomic E-state index is -0.461. The molecular weight excluding hydrogens is 180 g/mol. The molecular formula is C10H11N2O2-. The van der Waals surface area contributed by atoms with Gasteiger partial charge in [-0.1, -0.05) is 36.0 Å². The van der Waals surface area contributed by atoms with Gasteiger partial charge < -0.3 is 5.32 Å². The fourth-order valence-corrected chi connectivity index (χ4v) is 0.846. The molecule has 1 aromatic carbocycles. The summed E-state index contributed by atoms with van der Waals surface area (Å²) in [5.74, 6) is 0. The van der Waals surface area contributed by atoms with Gasteiger partial charge in [0.05, 0.1) is 4.92 Å². The third-order valence-corrected chi connectivity index (χ3v) is 1.72. The van der Waals surface area contributed by atoms with Gasteiger partial charge in [0, 0.05) is 6.92 Å². The van der Waals surface area contributed by atoms with E-state index in [1.165, 1.54) is 13.1 Å². The first-order valence-corrected chi connectivity index (χ1v) is 4.18. The van der Waals surface area contributed by atoms with Crippen molar-refractivity contribution in [2.45, 2.75) is 13.8 Å². The van der Waals surface area contributed by atoms with Crippen molar-refractivity contribution < 1.29 is 4.92 Å². The van der Waals surface area contributed by atoms with Crippen molar-refractivity contribution in [2.75, 3.05) is 0 Å². The second-order valence-corrected chi connectivity index (χ2v) is 2.99. The molecule has 0 N–H and O–H groups in total. The minimum Gasteiger partial charge on any atom is -0.659 e. The molecule has 0 saturated carbocycles. The quantitative estimate of drug-likeness (QED) is 0.544. The Morgan fingerprint density at radius 1 is 1.43 bits per heavy atom. The van der Waals surface area contributed by atoms with Gasteiger partial charge in [-0.3, -0.25) is 10.1 Å². The molecule has 0 atom stereocenters. The first-order valence-electron chi connectivity index (χ1n) is 4.18. The van der Waals surface area contributed by atoms with Gasteiger partial charge in [0.15, 0.2) is 0 Å². The van der Waals surface area contributed by atoms with Crippen LogP contribution >= 0.6 is 0 Å². The molecule has 0 heterocycles. The Hall–Kier alpha value is -1.84. The number of hydrogen-bond donors (Lipinski definition) is 0. The van der Waals surface area contributed by atoms with Crippen molar-refractivity contribution in [3.8, 4) is 0 Å². The van der Waals surface area contributed by atoms with Crippen LogP contribution in [-0.4, -0.2) is 4.92 Å². The van der Waals surface area contributed by atoms with Gasteiger partial charge in [0.25, 0.3) is 0 Å². The summed E-state index contributed by atoms with van der Waals surface area (Å²) in [5.41, 5.74) is 1.89. The summed E-state index contributed by atoms with van der Waals surface area (Å²) in [4.78, 5) is 9.79. The Kier molecular flexibility index (Phi) is 3.23. The fourth-order valence-electron chi connectivity index (χ4n) is 0.846. The first kappa shape index (κ1) is 10.2. The molecule has 0 aliphatic carbocycles. The third-order valence-electron chi connectivity index (χ3n) is 1.72. The van der Waals surface area contributed by atoms with Gasteiger partial charge in [0.2, 0.25) is 5.70 Å². The second-order valence-electron chi connectivity index (χ2n) is 2.99. The summed E-state index contributed by atoms with van der Waals surface area (Å²) in [5, 5.41) is 14.2. The summed E-state index contributed by atoms with van der Waals surface area (Å²) in [6.45, 7) is 3.39. The maximum Gasteiger partial charge on any atom is 0.221 e. The number of allylic oxidation sites excluding steroid dienone is 1. The largest absolute Gasteiger partial charge is 0.659 e. The average Bonchev–Trinajstić information content (AvgIpc) is 2.16. The maximum atomic E-state index is 10.3. The molecule has 4 heteroatoms. The Morgan fingerprint density at radius 3 is 2.50 bits per heavy atom. The van der Waals surface area contributed by atoms with Crippen molar-refractivity contribution in [3.63, 3.8) is 0 Å². The highest BCUT2D eigenvalue weighted by molar-refractivity contribution is 5.52. The average molecular weight is 191 g/mol. The number of nitro groups is 1. The van der Waals surface area contributed by atoms with Crippen LogP contribution in [0.4, 0.5) is 5.69 Å². The molecule has 0 bridgehead atoms. The summed E-state index contributed by atoms with van der Waals surface area (Å²) < 4.78 is 0. The van der Waals surface area contributed by atoms with Crippen molar-refractivity contribution >= 4 is 5.69 Å². The molecule has 1 rings (SSSR count). The summed E-state index contributed by atoms with van der Waals surface area (Å²) >= 11 is 0. The number of benzene rings is 1. The highest BCUT2D eigenvalue weighted by Crippen LogP contribution is 2.19. The van der Waals surface area contributed by atoms with Crippen LogP contribution in [0.25, 0.3) is 5.32 Å². The lowest BCUT2D eigenvalue weighted by Gasteiger charge is -2.15. The van der Waals surface area contributed by atoms with Crippen LogP contribution in [0, 0.1) is 17.0 Å². The lowest BCUT2D eigenvalue weighted by Crippen LogP contribution is -1.92. The van der Waals surface area contributed by atoms with E-state index in [0.717, 1.165) is 11.3 Å². The number of rotatable bonds is 3. The molecule has 14 heavy (non-hydrogen) atoms. The second kappa shape index (κ2) is 4.41. The molecule has 0 unspecified atom stereocenters. The molecule has 1 aromatic rings. The van der Waals surface area contributed by atoms with E-state index in [4.69, 9.17) is 0 Å². The zero-order valence-corrected chi connectivity index (χ0v) is 8.10. The van der Waals surface area contributed by atoms with E-state index in [0.29, 0.717) is 0 Å². The molecule has 0 spiro atoms. The van der Waals surface area contributed by atoms with Crippen LogP contribution in [0.15, 0.2) is 36.2 Å². The monoisotopic (exact) mass is 191 g/mol. The van der Waals surface area contributed by atoms with Gasteiger partial charge in [-0.05, 0) is 6.92 Å². The Bertz CT molecular complexity index is 355. The molecule has 0 fully saturated rings. The lowest BCUT2D eigenvalue weighted by atomic mass is 10.2. The van der Waals surface area contributed by atoms with Crippen LogP contribution in [-0.2, 0) is 0 Å². The lowest BCUT2D eigenvalue weighted by molar-refractivity contribution is -0.424. The van der Waals surface area contributed by atoms with E-state index >= 15 is 0 Å². The molecule has 74 valence electrons. The Labute approximate surface area is 82.4 Å². The van der Waals surface area contributed by atoms with Gasteiger partial charge in [-0.2, -0.15) is 0 Å². The molecule has 4 nitrogen and oxygen atoms in total. The zero-order valence-electron chi connectivity index (χ0n) is 8.10. The van der Waals surface area contributed by atoms with Gasteiger partial charge in [-0.25, -0.2) is 0 Å². The molecule has 0 aliphatic rings. The highest BCUT2D eigenvalue weighted by Gasteiger charge is 1.94. The SMILES string of the molecule is C/C(=C\[N-]c1ccc(C)cc1)[N+](=O)[O-]. The van der Waals surface area contributed by atoms with Gasteiger partial charge in [0.1, 0.15) is 0 Å². The number of nitrogens with zero attached hydrogens (tertiary/aromatic N) is 2. The normalized spacial score (nSPS) is 11.1. The van der Waals surface area contributed by atoms with E-state index in [2.05, 4.69) is 5.32 Å². The minimum absolute atomic E-state index is 0.0329. The van der Waals surface area contributed by atoms with E-state index in [1.54, 1.807) is 0 Å². The number of hydrogen-bond acceptors (Lipinski definition) is 2. The van der Waals surface area contributed by atoms with E-state index in [1.807, 2.05) is 31.2 Å². The predicted molar refractivity (Wildman–Crippen MR) is 54.9 cm³/mol. The van der Waals surface area contributed by atoms with Crippen LogP contribution in [0.3, 0.4) is 0 Å². The number of aryl methyl sites for hydroxylation is 1. The summed E-state index contributed by atoms with van der Waals surface area (Å²) in [6.07, 6.45) is 1.25. The molecule has 0 saturated heterocycles. The maximum absolute atomic E-state index is 10.3. The van der Waals surface area contributed by atoms with Crippen LogP contribution < -0.4 is 0 Å². The zero-order chi connectivity index (χ0) is 10.6. The van der Waals surface area contributed by atoms with Crippen LogP contribution in [0.5, 0.6) is 0 Å².